The van der Waals surface area contributed by atoms with E-state index in [0.717, 1.165) is 59.8 Å². The average Bonchev–Trinajstić information content (AvgIpc) is 3.10. The van der Waals surface area contributed by atoms with Crippen LogP contribution < -0.4 is 10.6 Å². The number of hydrogen-bond donors (Lipinski definition) is 3. The van der Waals surface area contributed by atoms with Crippen molar-refractivity contribution in [1.82, 2.24) is 14.8 Å². The van der Waals surface area contributed by atoms with E-state index in [-0.39, 0.29) is 22.3 Å². The molecular formula is C29H39FN4O3S. The molecule has 0 radical (unpaired) electrons. The predicted molar refractivity (Wildman–Crippen MR) is 151 cm³/mol. The van der Waals surface area contributed by atoms with E-state index >= 15 is 0 Å². The van der Waals surface area contributed by atoms with Crippen LogP contribution in [0.5, 0.6) is 5.75 Å². The molecule has 1 fully saturated rings. The Bertz CT molecular complexity index is 1250. The number of thiazole rings is 1. The van der Waals surface area contributed by atoms with E-state index < -0.39 is 0 Å². The van der Waals surface area contributed by atoms with Crippen LogP contribution in [-0.2, 0) is 17.6 Å². The Labute approximate surface area is 227 Å². The van der Waals surface area contributed by atoms with Gasteiger partial charge in [-0.2, -0.15) is 0 Å². The Morgan fingerprint density at radius 3 is 2.55 bits per heavy atom. The zero-order valence-electron chi connectivity index (χ0n) is 22.0. The van der Waals surface area contributed by atoms with Crippen molar-refractivity contribution in [1.29, 1.82) is 0 Å². The Kier molecular flexibility index (Phi) is 10.3. The SMILES string of the molecule is NC(=O)CCN(CCc1cccc(F)c1)CCN(CCc1ccc(O)c2[nH]c(=O)sc12)C1CCCCCC1. The lowest BCUT2D eigenvalue weighted by Gasteiger charge is -2.33. The van der Waals surface area contributed by atoms with Gasteiger partial charge in [0, 0.05) is 45.2 Å². The smallest absolute Gasteiger partial charge is 0.305 e. The molecule has 1 saturated carbocycles. The standard InChI is InChI=1S/C29H39FN4O3S/c30-23-7-5-6-21(20-23)12-15-33(16-14-26(31)36)18-19-34(24-8-3-1-2-4-9-24)17-13-22-10-11-25(35)27-28(22)38-29(37)32-27/h5-7,10-11,20,24,35H,1-4,8-9,12-19H2,(H2,31,36)(H,32,37). The highest BCUT2D eigenvalue weighted by molar-refractivity contribution is 7.16. The normalized spacial score (nSPS) is 14.9. The summed E-state index contributed by atoms with van der Waals surface area (Å²) in [6.07, 6.45) is 9.15. The maximum absolute atomic E-state index is 13.7. The van der Waals surface area contributed by atoms with Crippen LogP contribution in [0, 0.1) is 5.82 Å². The lowest BCUT2D eigenvalue weighted by molar-refractivity contribution is -0.118. The summed E-state index contributed by atoms with van der Waals surface area (Å²) in [6, 6.07) is 10.8. The van der Waals surface area contributed by atoms with Gasteiger partial charge in [-0.1, -0.05) is 55.2 Å². The van der Waals surface area contributed by atoms with E-state index in [1.54, 1.807) is 18.2 Å². The zero-order valence-corrected chi connectivity index (χ0v) is 22.8. The largest absolute Gasteiger partial charge is 0.506 e. The lowest BCUT2D eigenvalue weighted by atomic mass is 10.0. The van der Waals surface area contributed by atoms with Gasteiger partial charge in [0.1, 0.15) is 17.1 Å². The maximum atomic E-state index is 13.7. The van der Waals surface area contributed by atoms with E-state index in [1.165, 1.54) is 44.6 Å². The summed E-state index contributed by atoms with van der Waals surface area (Å²) < 4.78 is 14.5. The number of aromatic amines is 1. The molecule has 2 aromatic carbocycles. The van der Waals surface area contributed by atoms with Crippen molar-refractivity contribution in [3.8, 4) is 5.75 Å². The summed E-state index contributed by atoms with van der Waals surface area (Å²) in [6.45, 7) is 3.81. The number of hydrogen-bond acceptors (Lipinski definition) is 6. The molecule has 1 heterocycles. The minimum atomic E-state index is -0.316. The molecule has 0 bridgehead atoms. The minimum absolute atomic E-state index is 0.103. The van der Waals surface area contributed by atoms with Crippen LogP contribution in [0.2, 0.25) is 0 Å². The highest BCUT2D eigenvalue weighted by Crippen LogP contribution is 2.29. The van der Waals surface area contributed by atoms with Gasteiger partial charge in [-0.25, -0.2) is 4.39 Å². The van der Waals surface area contributed by atoms with Crippen molar-refractivity contribution in [3.63, 3.8) is 0 Å². The number of carbonyl (C=O) groups is 1. The van der Waals surface area contributed by atoms with Crippen LogP contribution in [0.4, 0.5) is 4.39 Å². The molecule has 1 aliphatic rings. The molecular weight excluding hydrogens is 503 g/mol. The fourth-order valence-electron chi connectivity index (χ4n) is 5.49. The first kappa shape index (κ1) is 28.3. The summed E-state index contributed by atoms with van der Waals surface area (Å²) in [5, 5.41) is 10.2. The van der Waals surface area contributed by atoms with E-state index in [0.29, 0.717) is 30.9 Å². The summed E-state index contributed by atoms with van der Waals surface area (Å²) in [7, 11) is 0. The summed E-state index contributed by atoms with van der Waals surface area (Å²) in [5.41, 5.74) is 7.99. The van der Waals surface area contributed by atoms with E-state index in [1.807, 2.05) is 12.1 Å². The number of rotatable bonds is 13. The van der Waals surface area contributed by atoms with Gasteiger partial charge in [-0.3, -0.25) is 14.5 Å². The number of fused-ring (bicyclic) bond motifs is 1. The molecule has 0 saturated heterocycles. The number of primary amides is 1. The molecule has 0 atom stereocenters. The van der Waals surface area contributed by atoms with Crippen LogP contribution in [-0.4, -0.2) is 64.6 Å². The minimum Gasteiger partial charge on any atom is -0.506 e. The Morgan fingerprint density at radius 1 is 1.03 bits per heavy atom. The van der Waals surface area contributed by atoms with Gasteiger partial charge in [-0.15, -0.1) is 0 Å². The van der Waals surface area contributed by atoms with Gasteiger partial charge in [-0.05, 0) is 55.0 Å². The number of phenolic OH excluding ortho intramolecular Hbond substituents is 1. The van der Waals surface area contributed by atoms with Gasteiger partial charge >= 0.3 is 4.87 Å². The third-order valence-corrected chi connectivity index (χ3v) is 8.59. The predicted octanol–water partition coefficient (Wildman–Crippen LogP) is 4.42. The van der Waals surface area contributed by atoms with Crippen molar-refractivity contribution >= 4 is 27.5 Å². The molecule has 9 heteroatoms. The number of amides is 1. The first-order valence-corrected chi connectivity index (χ1v) is 14.5. The fourth-order valence-corrected chi connectivity index (χ4v) is 6.38. The molecule has 0 aliphatic heterocycles. The summed E-state index contributed by atoms with van der Waals surface area (Å²) in [4.78, 5) is 30.9. The van der Waals surface area contributed by atoms with Gasteiger partial charge < -0.3 is 20.7 Å². The van der Waals surface area contributed by atoms with E-state index in [2.05, 4.69) is 14.8 Å². The van der Waals surface area contributed by atoms with E-state index in [4.69, 9.17) is 5.73 Å². The molecule has 3 aromatic rings. The first-order valence-electron chi connectivity index (χ1n) is 13.7. The molecule has 0 unspecified atom stereocenters. The molecule has 206 valence electrons. The molecule has 0 spiro atoms. The first-order chi connectivity index (χ1) is 18.4. The number of benzene rings is 2. The van der Waals surface area contributed by atoms with Crippen LogP contribution in [0.1, 0.15) is 56.1 Å². The van der Waals surface area contributed by atoms with Crippen molar-refractivity contribution in [2.24, 2.45) is 5.73 Å². The molecule has 1 aliphatic carbocycles. The number of nitrogens with one attached hydrogen (secondary N) is 1. The van der Waals surface area contributed by atoms with Crippen molar-refractivity contribution < 1.29 is 14.3 Å². The van der Waals surface area contributed by atoms with Crippen molar-refractivity contribution in [2.45, 2.75) is 63.8 Å². The second kappa shape index (κ2) is 13.9. The number of phenols is 1. The zero-order chi connectivity index (χ0) is 26.9. The van der Waals surface area contributed by atoms with Crippen molar-refractivity contribution in [2.75, 3.05) is 32.7 Å². The Balaban J connectivity index is 1.45. The third-order valence-electron chi connectivity index (χ3n) is 7.63. The number of halogens is 1. The fraction of sp³-hybridized carbons (Fsp3) is 0.517. The van der Waals surface area contributed by atoms with Gasteiger partial charge in [0.15, 0.2) is 0 Å². The molecule has 1 amide bonds. The quantitative estimate of drug-likeness (QED) is 0.278. The Hall–Kier alpha value is -2.75. The Morgan fingerprint density at radius 2 is 1.82 bits per heavy atom. The number of nitrogens with zero attached hydrogens (tertiary/aromatic N) is 2. The summed E-state index contributed by atoms with van der Waals surface area (Å²) >= 11 is 1.15. The third kappa shape index (κ3) is 8.12. The number of aromatic nitrogens is 1. The second-order valence-corrected chi connectivity index (χ2v) is 11.3. The van der Waals surface area contributed by atoms with Crippen molar-refractivity contribution in [3.05, 3.63) is 63.0 Å². The highest BCUT2D eigenvalue weighted by Gasteiger charge is 2.22. The van der Waals surface area contributed by atoms with Crippen LogP contribution in [0.25, 0.3) is 10.2 Å². The average molecular weight is 543 g/mol. The van der Waals surface area contributed by atoms with Crippen LogP contribution >= 0.6 is 11.3 Å². The number of carbonyl (C=O) groups excluding carboxylic acids is 1. The number of aromatic hydroxyl groups is 1. The highest BCUT2D eigenvalue weighted by atomic mass is 32.1. The lowest BCUT2D eigenvalue weighted by Crippen LogP contribution is -2.43. The molecule has 38 heavy (non-hydrogen) atoms. The van der Waals surface area contributed by atoms with Gasteiger partial charge in [0.25, 0.3) is 0 Å². The summed E-state index contributed by atoms with van der Waals surface area (Å²) in [5.74, 6) is -0.448. The number of H-pyrrole nitrogens is 1. The van der Waals surface area contributed by atoms with Crippen LogP contribution in [0.15, 0.2) is 41.2 Å². The van der Waals surface area contributed by atoms with E-state index in [9.17, 15) is 19.1 Å². The second-order valence-electron chi connectivity index (χ2n) is 10.3. The van der Waals surface area contributed by atoms with Gasteiger partial charge in [0.2, 0.25) is 5.91 Å². The number of nitrogens with two attached hydrogens (primary N) is 1. The maximum Gasteiger partial charge on any atom is 0.305 e. The monoisotopic (exact) mass is 542 g/mol. The molecule has 1 aromatic heterocycles. The topological polar surface area (TPSA) is 103 Å². The van der Waals surface area contributed by atoms with Gasteiger partial charge in [0.05, 0.1) is 4.70 Å². The molecule has 4 rings (SSSR count). The molecule has 4 N–H and O–H groups in total. The van der Waals surface area contributed by atoms with Crippen LogP contribution in [0.3, 0.4) is 0 Å². The molecule has 7 nitrogen and oxygen atoms in total.